The van der Waals surface area contributed by atoms with Crippen molar-refractivity contribution in [3.8, 4) is 28.2 Å². The maximum absolute atomic E-state index is 11.4. The molecule has 0 radical (unpaired) electrons. The molecule has 134 valence electrons. The van der Waals surface area contributed by atoms with Gasteiger partial charge in [0.1, 0.15) is 11.5 Å². The van der Waals surface area contributed by atoms with Crippen molar-refractivity contribution >= 4 is 21.7 Å². The van der Waals surface area contributed by atoms with E-state index in [0.29, 0.717) is 11.3 Å². The predicted molar refractivity (Wildman–Crippen MR) is 107 cm³/mol. The van der Waals surface area contributed by atoms with Gasteiger partial charge >= 0.3 is 0 Å². The number of halogens is 1. The summed E-state index contributed by atoms with van der Waals surface area (Å²) >= 11 is 3.45. The second kappa shape index (κ2) is 6.96. The van der Waals surface area contributed by atoms with Crippen LogP contribution in [0.15, 0.2) is 70.1 Å². The number of Topliss-reactive ketones (excluding diaryl/α,β-unsaturated/α-hetero) is 1. The Hall–Kier alpha value is -2.99. The molecule has 2 aromatic heterocycles. The van der Waals surface area contributed by atoms with Gasteiger partial charge in [0.05, 0.1) is 17.6 Å². The third-order valence-corrected chi connectivity index (χ3v) is 4.92. The molecule has 0 N–H and O–H groups in total. The fraction of sp³-hybridized carbons (Fsp3) is 0.0952. The molecule has 4 rings (SSSR count). The zero-order valence-corrected chi connectivity index (χ0v) is 16.4. The van der Waals surface area contributed by atoms with Gasteiger partial charge in [-0.15, -0.1) is 0 Å². The van der Waals surface area contributed by atoms with Crippen LogP contribution in [0.2, 0.25) is 0 Å². The smallest absolute Gasteiger partial charge is 0.159 e. The van der Waals surface area contributed by atoms with Crippen molar-refractivity contribution in [1.82, 2.24) is 14.7 Å². The van der Waals surface area contributed by atoms with E-state index in [4.69, 9.17) is 4.52 Å². The summed E-state index contributed by atoms with van der Waals surface area (Å²) in [5.41, 5.74) is 4.99. The van der Waals surface area contributed by atoms with E-state index in [9.17, 15) is 4.79 Å². The lowest BCUT2D eigenvalue weighted by Gasteiger charge is -2.03. The Morgan fingerprint density at radius 2 is 1.78 bits per heavy atom. The summed E-state index contributed by atoms with van der Waals surface area (Å²) in [6, 6.07) is 15.3. The Bertz CT molecular complexity index is 1110. The van der Waals surface area contributed by atoms with Crippen molar-refractivity contribution in [2.45, 2.75) is 13.8 Å². The first-order valence-corrected chi connectivity index (χ1v) is 9.20. The molecular weight excluding hydrogens is 406 g/mol. The second-order valence-electron chi connectivity index (χ2n) is 6.24. The number of aryl methyl sites for hydroxylation is 1. The standard InChI is InChI=1S/C21H16BrN3O2/c1-13(26)15-5-9-18(10-6-15)25-11-19(23-12-25)20-14(2)27-24-21(20)16-3-7-17(22)8-4-16/h3-12H,1-2H3. The molecule has 0 saturated heterocycles. The van der Waals surface area contributed by atoms with E-state index in [0.717, 1.165) is 32.7 Å². The zero-order valence-electron chi connectivity index (χ0n) is 14.8. The topological polar surface area (TPSA) is 60.9 Å². The minimum atomic E-state index is 0.0482. The summed E-state index contributed by atoms with van der Waals surface area (Å²) in [5, 5.41) is 4.23. The molecule has 4 aromatic rings. The Morgan fingerprint density at radius 3 is 2.44 bits per heavy atom. The first kappa shape index (κ1) is 17.4. The lowest BCUT2D eigenvalue weighted by molar-refractivity contribution is 0.101. The molecule has 2 aromatic carbocycles. The first-order valence-electron chi connectivity index (χ1n) is 8.41. The van der Waals surface area contributed by atoms with E-state index in [1.54, 1.807) is 13.3 Å². The molecule has 0 fully saturated rings. The Kier molecular flexibility index (Phi) is 4.49. The van der Waals surface area contributed by atoms with E-state index in [-0.39, 0.29) is 5.78 Å². The number of nitrogens with zero attached hydrogens (tertiary/aromatic N) is 3. The van der Waals surface area contributed by atoms with Crippen LogP contribution in [0, 0.1) is 6.92 Å². The van der Waals surface area contributed by atoms with Crippen molar-refractivity contribution in [2.24, 2.45) is 0 Å². The van der Waals surface area contributed by atoms with Crippen molar-refractivity contribution in [2.75, 3.05) is 0 Å². The van der Waals surface area contributed by atoms with Crippen molar-refractivity contribution < 1.29 is 9.32 Å². The van der Waals surface area contributed by atoms with Gasteiger partial charge in [0.2, 0.25) is 0 Å². The first-order chi connectivity index (χ1) is 13.0. The molecular formula is C21H16BrN3O2. The number of imidazole rings is 1. The second-order valence-corrected chi connectivity index (χ2v) is 7.15. The van der Waals surface area contributed by atoms with Crippen molar-refractivity contribution in [3.05, 3.63) is 76.9 Å². The molecule has 0 atom stereocenters. The number of carbonyl (C=O) groups is 1. The number of ketones is 1. The van der Waals surface area contributed by atoms with Gasteiger partial charge in [0.15, 0.2) is 5.78 Å². The fourth-order valence-corrected chi connectivity index (χ4v) is 3.20. The maximum Gasteiger partial charge on any atom is 0.159 e. The van der Waals surface area contributed by atoms with Gasteiger partial charge in [-0.25, -0.2) is 4.98 Å². The third kappa shape index (κ3) is 3.36. The van der Waals surface area contributed by atoms with Crippen molar-refractivity contribution in [3.63, 3.8) is 0 Å². The van der Waals surface area contributed by atoms with Crippen molar-refractivity contribution in [1.29, 1.82) is 0 Å². The molecule has 0 amide bonds. The fourth-order valence-electron chi connectivity index (χ4n) is 2.94. The number of carbonyl (C=O) groups excluding carboxylic acids is 1. The monoisotopic (exact) mass is 421 g/mol. The minimum Gasteiger partial charge on any atom is -0.360 e. The van der Waals surface area contributed by atoms with Crippen LogP contribution < -0.4 is 0 Å². The number of rotatable bonds is 4. The van der Waals surface area contributed by atoms with Gasteiger partial charge in [-0.1, -0.05) is 33.2 Å². The third-order valence-electron chi connectivity index (χ3n) is 4.39. The lowest BCUT2D eigenvalue weighted by atomic mass is 10.0. The Labute approximate surface area is 164 Å². The molecule has 27 heavy (non-hydrogen) atoms. The van der Waals surface area contributed by atoms with Gasteiger partial charge in [0, 0.05) is 27.5 Å². The molecule has 5 nitrogen and oxygen atoms in total. The van der Waals surface area contributed by atoms with E-state index >= 15 is 0 Å². The van der Waals surface area contributed by atoms with Crippen LogP contribution in [0.4, 0.5) is 0 Å². The quantitative estimate of drug-likeness (QED) is 0.410. The average molecular weight is 422 g/mol. The normalized spacial score (nSPS) is 10.9. The van der Waals surface area contributed by atoms with Crippen LogP contribution in [0.5, 0.6) is 0 Å². The van der Waals surface area contributed by atoms with Crippen LogP contribution in [-0.4, -0.2) is 20.5 Å². The number of hydrogen-bond acceptors (Lipinski definition) is 4. The van der Waals surface area contributed by atoms with Gasteiger partial charge in [-0.3, -0.25) is 4.79 Å². The van der Waals surface area contributed by atoms with Crippen LogP contribution in [0.1, 0.15) is 23.0 Å². The van der Waals surface area contributed by atoms with E-state index < -0.39 is 0 Å². The molecule has 0 aliphatic rings. The minimum absolute atomic E-state index is 0.0482. The van der Waals surface area contributed by atoms with Crippen LogP contribution in [0.3, 0.4) is 0 Å². The predicted octanol–water partition coefficient (Wildman–Crippen LogP) is 5.47. The largest absolute Gasteiger partial charge is 0.360 e. The van der Waals surface area contributed by atoms with Gasteiger partial charge in [0.25, 0.3) is 0 Å². The van der Waals surface area contributed by atoms with Gasteiger partial charge in [-0.05, 0) is 50.2 Å². The number of benzene rings is 2. The van der Waals surface area contributed by atoms with Crippen LogP contribution in [-0.2, 0) is 0 Å². The summed E-state index contributed by atoms with van der Waals surface area (Å²) in [5.74, 6) is 0.761. The number of hydrogen-bond donors (Lipinski definition) is 0. The highest BCUT2D eigenvalue weighted by Gasteiger charge is 2.19. The summed E-state index contributed by atoms with van der Waals surface area (Å²) in [6.07, 6.45) is 3.68. The SMILES string of the molecule is CC(=O)c1ccc(-n2cnc(-c3c(-c4ccc(Br)cc4)noc3C)c2)cc1. The summed E-state index contributed by atoms with van der Waals surface area (Å²) in [4.78, 5) is 16.0. The zero-order chi connectivity index (χ0) is 19.0. The van der Waals surface area contributed by atoms with Crippen LogP contribution >= 0.6 is 15.9 Å². The summed E-state index contributed by atoms with van der Waals surface area (Å²) in [6.45, 7) is 3.44. The summed E-state index contributed by atoms with van der Waals surface area (Å²) < 4.78 is 8.36. The average Bonchev–Trinajstić information content (AvgIpc) is 3.29. The van der Waals surface area contributed by atoms with E-state index in [1.165, 1.54) is 0 Å². The highest BCUT2D eigenvalue weighted by Crippen LogP contribution is 2.34. The molecule has 0 aliphatic heterocycles. The Balaban J connectivity index is 1.72. The lowest BCUT2D eigenvalue weighted by Crippen LogP contribution is -1.94. The number of aromatic nitrogens is 3. The van der Waals surface area contributed by atoms with E-state index in [2.05, 4.69) is 26.1 Å². The molecule has 0 saturated carbocycles. The molecule has 0 spiro atoms. The molecule has 2 heterocycles. The molecule has 6 heteroatoms. The molecule has 0 bridgehead atoms. The highest BCUT2D eigenvalue weighted by atomic mass is 79.9. The Morgan fingerprint density at radius 1 is 1.07 bits per heavy atom. The van der Waals surface area contributed by atoms with Crippen LogP contribution in [0.25, 0.3) is 28.2 Å². The maximum atomic E-state index is 11.4. The van der Waals surface area contributed by atoms with Gasteiger partial charge < -0.3 is 9.09 Å². The summed E-state index contributed by atoms with van der Waals surface area (Å²) in [7, 11) is 0. The van der Waals surface area contributed by atoms with E-state index in [1.807, 2.05) is 66.2 Å². The van der Waals surface area contributed by atoms with Gasteiger partial charge in [-0.2, -0.15) is 0 Å². The molecule has 0 unspecified atom stereocenters. The highest BCUT2D eigenvalue weighted by molar-refractivity contribution is 9.10. The molecule has 0 aliphatic carbocycles.